The zero-order chi connectivity index (χ0) is 18.7. The van der Waals surface area contributed by atoms with Gasteiger partial charge >= 0.3 is 0 Å². The van der Waals surface area contributed by atoms with Crippen LogP contribution in [-0.2, 0) is 17.9 Å². The van der Waals surface area contributed by atoms with Crippen molar-refractivity contribution >= 4 is 30.7 Å². The Morgan fingerprint density at radius 2 is 1.79 bits per heavy atom. The van der Waals surface area contributed by atoms with E-state index in [1.165, 1.54) is 30.4 Å². The maximum absolute atomic E-state index is 12.7. The van der Waals surface area contributed by atoms with Gasteiger partial charge in [-0.25, -0.2) is 0 Å². The van der Waals surface area contributed by atoms with Crippen LogP contribution in [0.4, 0.5) is 0 Å². The fraction of sp³-hybridized carbons (Fsp3) is 0.682. The third-order valence-corrected chi connectivity index (χ3v) is 6.56. The van der Waals surface area contributed by atoms with Crippen LogP contribution < -0.4 is 11.1 Å². The molecule has 2 unspecified atom stereocenters. The minimum absolute atomic E-state index is 0. The second-order valence-electron chi connectivity index (χ2n) is 8.74. The molecule has 0 aliphatic heterocycles. The topological polar surface area (TPSA) is 58.4 Å². The zero-order valence-electron chi connectivity index (χ0n) is 17.4. The summed E-state index contributed by atoms with van der Waals surface area (Å²) in [7, 11) is 2.14. The van der Waals surface area contributed by atoms with Gasteiger partial charge in [-0.2, -0.15) is 0 Å². The molecular weight excluding hydrogens is 393 g/mol. The Kier molecular flexibility index (Phi) is 10.3. The van der Waals surface area contributed by atoms with Crippen molar-refractivity contribution in [3.05, 3.63) is 35.4 Å². The number of nitrogens with one attached hydrogen (secondary N) is 1. The van der Waals surface area contributed by atoms with Gasteiger partial charge in [0.25, 0.3) is 0 Å². The summed E-state index contributed by atoms with van der Waals surface area (Å²) in [5.41, 5.74) is 8.83. The van der Waals surface area contributed by atoms with E-state index in [9.17, 15) is 4.79 Å². The first-order chi connectivity index (χ1) is 12.4. The van der Waals surface area contributed by atoms with Crippen LogP contribution in [0.15, 0.2) is 24.3 Å². The SMILES string of the molecule is CC(C)N(C)Cc1cccc(CNC(=O)C2CC3CCCC(C2)C3N)c1.Cl.Cl. The molecule has 2 saturated carbocycles. The smallest absolute Gasteiger partial charge is 0.223 e. The van der Waals surface area contributed by atoms with Gasteiger partial charge in [0.1, 0.15) is 0 Å². The van der Waals surface area contributed by atoms with E-state index < -0.39 is 0 Å². The Balaban J connectivity index is 0.00000196. The summed E-state index contributed by atoms with van der Waals surface area (Å²) in [5, 5.41) is 3.18. The van der Waals surface area contributed by atoms with Gasteiger partial charge in [0.05, 0.1) is 0 Å². The number of halogens is 2. The van der Waals surface area contributed by atoms with Crippen LogP contribution in [-0.4, -0.2) is 29.9 Å². The standard InChI is InChI=1S/C22H35N3O.2ClH/c1-15(2)25(3)14-17-7-4-6-16(10-17)13-24-22(26)20-11-18-8-5-9-19(12-20)21(18)23;;/h4,6-7,10,15,18-21H,5,8-9,11-14,23H2,1-3H3,(H,24,26);2*1H. The third kappa shape index (κ3) is 6.35. The quantitative estimate of drug-likeness (QED) is 0.713. The van der Waals surface area contributed by atoms with Crippen LogP contribution in [0, 0.1) is 17.8 Å². The van der Waals surface area contributed by atoms with Crippen LogP contribution in [0.3, 0.4) is 0 Å². The average molecular weight is 430 g/mol. The summed E-state index contributed by atoms with van der Waals surface area (Å²) >= 11 is 0. The van der Waals surface area contributed by atoms with Crippen molar-refractivity contribution in [1.82, 2.24) is 10.2 Å². The number of hydrogen-bond acceptors (Lipinski definition) is 3. The lowest BCUT2D eigenvalue weighted by atomic mass is 9.65. The molecule has 1 aromatic carbocycles. The molecule has 4 nitrogen and oxygen atoms in total. The summed E-state index contributed by atoms with van der Waals surface area (Å²) in [4.78, 5) is 15.0. The lowest BCUT2D eigenvalue weighted by Gasteiger charge is -2.43. The number of nitrogens with zero attached hydrogens (tertiary/aromatic N) is 1. The molecule has 2 aliphatic carbocycles. The van der Waals surface area contributed by atoms with Gasteiger partial charge in [0, 0.05) is 31.1 Å². The Bertz CT molecular complexity index is 612. The lowest BCUT2D eigenvalue weighted by Crippen LogP contribution is -2.49. The van der Waals surface area contributed by atoms with Crippen LogP contribution in [0.25, 0.3) is 0 Å². The number of amides is 1. The van der Waals surface area contributed by atoms with Gasteiger partial charge in [0.2, 0.25) is 5.91 Å². The van der Waals surface area contributed by atoms with E-state index in [1.807, 2.05) is 0 Å². The zero-order valence-corrected chi connectivity index (χ0v) is 19.0. The summed E-state index contributed by atoms with van der Waals surface area (Å²) in [6.07, 6.45) is 5.64. The first-order valence-corrected chi connectivity index (χ1v) is 10.3. The van der Waals surface area contributed by atoms with Gasteiger partial charge in [-0.05, 0) is 69.5 Å². The Labute approximate surface area is 182 Å². The third-order valence-electron chi connectivity index (χ3n) is 6.56. The molecule has 1 amide bonds. The average Bonchev–Trinajstić information content (AvgIpc) is 2.59. The highest BCUT2D eigenvalue weighted by molar-refractivity contribution is 5.85. The lowest BCUT2D eigenvalue weighted by molar-refractivity contribution is -0.128. The Hall–Kier alpha value is -0.810. The first-order valence-electron chi connectivity index (χ1n) is 10.3. The fourth-order valence-corrected chi connectivity index (χ4v) is 4.65. The van der Waals surface area contributed by atoms with Crippen molar-refractivity contribution in [2.45, 2.75) is 71.1 Å². The van der Waals surface area contributed by atoms with Gasteiger partial charge in [-0.3, -0.25) is 9.69 Å². The summed E-state index contributed by atoms with van der Waals surface area (Å²) < 4.78 is 0. The molecule has 2 bridgehead atoms. The Morgan fingerprint density at radius 3 is 2.39 bits per heavy atom. The van der Waals surface area contributed by atoms with Crippen molar-refractivity contribution in [1.29, 1.82) is 0 Å². The summed E-state index contributed by atoms with van der Waals surface area (Å²) in [6.45, 7) is 5.96. The molecule has 2 atom stereocenters. The molecule has 0 spiro atoms. The molecule has 3 rings (SSSR count). The number of benzene rings is 1. The molecule has 3 N–H and O–H groups in total. The maximum atomic E-state index is 12.7. The van der Waals surface area contributed by atoms with Crippen molar-refractivity contribution < 1.29 is 4.79 Å². The van der Waals surface area contributed by atoms with Crippen molar-refractivity contribution in [2.24, 2.45) is 23.5 Å². The predicted molar refractivity (Wildman–Crippen MR) is 121 cm³/mol. The first kappa shape index (κ1) is 25.2. The van der Waals surface area contributed by atoms with Crippen molar-refractivity contribution in [2.75, 3.05) is 7.05 Å². The van der Waals surface area contributed by atoms with E-state index in [2.05, 4.69) is 55.4 Å². The minimum atomic E-state index is 0. The van der Waals surface area contributed by atoms with Crippen molar-refractivity contribution in [3.63, 3.8) is 0 Å². The van der Waals surface area contributed by atoms with Crippen LogP contribution in [0.1, 0.15) is 57.1 Å². The number of rotatable bonds is 6. The molecule has 0 radical (unpaired) electrons. The molecular formula is C22H37Cl2N3O. The van der Waals surface area contributed by atoms with Crippen LogP contribution >= 0.6 is 24.8 Å². The number of carbonyl (C=O) groups is 1. The molecule has 0 saturated heterocycles. The van der Waals surface area contributed by atoms with Crippen molar-refractivity contribution in [3.8, 4) is 0 Å². The van der Waals surface area contributed by atoms with Gasteiger partial charge in [-0.1, -0.05) is 30.7 Å². The molecule has 28 heavy (non-hydrogen) atoms. The monoisotopic (exact) mass is 429 g/mol. The molecule has 2 aliphatic rings. The highest BCUT2D eigenvalue weighted by atomic mass is 35.5. The summed E-state index contributed by atoms with van der Waals surface area (Å²) in [5.74, 6) is 1.47. The summed E-state index contributed by atoms with van der Waals surface area (Å²) in [6, 6.07) is 9.41. The van der Waals surface area contributed by atoms with Crippen LogP contribution in [0.2, 0.25) is 0 Å². The molecule has 1 aromatic rings. The Morgan fingerprint density at radius 1 is 1.18 bits per heavy atom. The second-order valence-corrected chi connectivity index (χ2v) is 8.74. The predicted octanol–water partition coefficient (Wildman–Crippen LogP) is 4.14. The van der Waals surface area contributed by atoms with Gasteiger partial charge in [0.15, 0.2) is 0 Å². The minimum Gasteiger partial charge on any atom is -0.352 e. The molecule has 160 valence electrons. The number of carbonyl (C=O) groups excluding carboxylic acids is 1. The number of hydrogen-bond donors (Lipinski definition) is 2. The van der Waals surface area contributed by atoms with Gasteiger partial charge < -0.3 is 11.1 Å². The molecule has 6 heteroatoms. The molecule has 0 aromatic heterocycles. The second kappa shape index (κ2) is 11.4. The van der Waals surface area contributed by atoms with E-state index in [4.69, 9.17) is 5.73 Å². The van der Waals surface area contributed by atoms with E-state index in [0.717, 1.165) is 19.4 Å². The maximum Gasteiger partial charge on any atom is 0.223 e. The highest BCUT2D eigenvalue weighted by Gasteiger charge is 2.40. The fourth-order valence-electron chi connectivity index (χ4n) is 4.65. The molecule has 0 heterocycles. The number of fused-ring (bicyclic) bond motifs is 2. The van der Waals surface area contributed by atoms with Crippen LogP contribution in [0.5, 0.6) is 0 Å². The van der Waals surface area contributed by atoms with E-state index >= 15 is 0 Å². The largest absolute Gasteiger partial charge is 0.352 e. The molecule has 2 fully saturated rings. The van der Waals surface area contributed by atoms with Gasteiger partial charge in [-0.15, -0.1) is 24.8 Å². The normalized spacial score (nSPS) is 26.4. The number of nitrogens with two attached hydrogens (primary N) is 1. The van der Waals surface area contributed by atoms with E-state index in [0.29, 0.717) is 30.5 Å². The van der Waals surface area contributed by atoms with E-state index in [1.54, 1.807) is 0 Å². The highest BCUT2D eigenvalue weighted by Crippen LogP contribution is 2.41. The van der Waals surface area contributed by atoms with E-state index in [-0.39, 0.29) is 36.6 Å².